The molecule has 0 bridgehead atoms. The van der Waals surface area contributed by atoms with Crippen molar-refractivity contribution in [2.75, 3.05) is 12.4 Å². The fourth-order valence-electron chi connectivity index (χ4n) is 2.82. The van der Waals surface area contributed by atoms with E-state index in [0.717, 1.165) is 4.70 Å². The Morgan fingerprint density at radius 3 is 2.75 bits per heavy atom. The van der Waals surface area contributed by atoms with Crippen molar-refractivity contribution in [1.82, 2.24) is 9.78 Å². The average Bonchev–Trinajstić information content (AvgIpc) is 3.39. The predicted molar refractivity (Wildman–Crippen MR) is 120 cm³/mol. The third-order valence-electron chi connectivity index (χ3n) is 4.39. The zero-order valence-corrected chi connectivity index (χ0v) is 18.7. The highest BCUT2D eigenvalue weighted by Gasteiger charge is 2.18. The van der Waals surface area contributed by atoms with E-state index in [9.17, 15) is 14.0 Å². The highest BCUT2D eigenvalue weighted by molar-refractivity contribution is 7.21. The first kappa shape index (κ1) is 22.1. The highest BCUT2D eigenvalue weighted by Crippen LogP contribution is 2.37. The lowest BCUT2D eigenvalue weighted by Crippen LogP contribution is -2.14. The maximum atomic E-state index is 13.2. The van der Waals surface area contributed by atoms with Gasteiger partial charge in [0.15, 0.2) is 12.4 Å². The molecule has 1 amide bonds. The van der Waals surface area contributed by atoms with Gasteiger partial charge in [-0.3, -0.25) is 4.79 Å². The SMILES string of the molecule is COC(=O)c1sc2cc(NC(=O)c3ccn(COc4ccc(F)c(Cl)c4)n3)ccc2c1Cl. The van der Waals surface area contributed by atoms with Crippen molar-refractivity contribution in [2.24, 2.45) is 0 Å². The zero-order chi connectivity index (χ0) is 22.8. The maximum absolute atomic E-state index is 13.2. The number of rotatable bonds is 6. The Balaban J connectivity index is 1.43. The number of carbonyl (C=O) groups excluding carboxylic acids is 2. The van der Waals surface area contributed by atoms with Gasteiger partial charge in [-0.05, 0) is 36.4 Å². The number of carbonyl (C=O) groups is 2. The van der Waals surface area contributed by atoms with Crippen LogP contribution >= 0.6 is 34.5 Å². The number of hydrogen-bond acceptors (Lipinski definition) is 6. The minimum atomic E-state index is -0.540. The van der Waals surface area contributed by atoms with Gasteiger partial charge in [-0.15, -0.1) is 11.3 Å². The van der Waals surface area contributed by atoms with Gasteiger partial charge in [0.25, 0.3) is 5.91 Å². The summed E-state index contributed by atoms with van der Waals surface area (Å²) in [5.41, 5.74) is 0.689. The van der Waals surface area contributed by atoms with E-state index in [0.29, 0.717) is 26.7 Å². The molecule has 0 aliphatic heterocycles. The van der Waals surface area contributed by atoms with Gasteiger partial charge in [0.1, 0.15) is 16.4 Å². The van der Waals surface area contributed by atoms with E-state index in [4.69, 9.17) is 32.7 Å². The van der Waals surface area contributed by atoms with Gasteiger partial charge in [0.2, 0.25) is 0 Å². The van der Waals surface area contributed by atoms with E-state index in [-0.39, 0.29) is 17.4 Å². The lowest BCUT2D eigenvalue weighted by molar-refractivity contribution is 0.0606. The summed E-state index contributed by atoms with van der Waals surface area (Å²) in [6.07, 6.45) is 1.57. The summed E-state index contributed by atoms with van der Waals surface area (Å²) in [6, 6.07) is 10.6. The number of amides is 1. The summed E-state index contributed by atoms with van der Waals surface area (Å²) < 4.78 is 25.6. The highest BCUT2D eigenvalue weighted by atomic mass is 35.5. The number of aromatic nitrogens is 2. The van der Waals surface area contributed by atoms with Gasteiger partial charge in [0, 0.05) is 28.0 Å². The topological polar surface area (TPSA) is 82.5 Å². The number of anilines is 1. The minimum absolute atomic E-state index is 0.00516. The maximum Gasteiger partial charge on any atom is 0.349 e. The van der Waals surface area contributed by atoms with Crippen LogP contribution in [0.15, 0.2) is 48.7 Å². The Morgan fingerprint density at radius 1 is 1.19 bits per heavy atom. The number of thiophene rings is 1. The molecule has 7 nitrogen and oxygen atoms in total. The number of fused-ring (bicyclic) bond motifs is 1. The normalized spacial score (nSPS) is 10.9. The molecule has 0 radical (unpaired) electrons. The number of halogens is 3. The first-order chi connectivity index (χ1) is 15.4. The summed E-state index contributed by atoms with van der Waals surface area (Å²) in [5, 5.41) is 7.88. The summed E-state index contributed by atoms with van der Waals surface area (Å²) in [7, 11) is 1.29. The number of methoxy groups -OCH3 is 1. The molecule has 0 spiro atoms. The second-order valence-corrected chi connectivity index (χ2v) is 8.33. The summed E-state index contributed by atoms with van der Waals surface area (Å²) in [4.78, 5) is 24.7. The Labute approximate surface area is 195 Å². The zero-order valence-electron chi connectivity index (χ0n) is 16.4. The predicted octanol–water partition coefficient (Wildman–Crippen LogP) is 5.62. The van der Waals surface area contributed by atoms with Crippen molar-refractivity contribution < 1.29 is 23.5 Å². The third kappa shape index (κ3) is 4.55. The third-order valence-corrected chi connectivity index (χ3v) is 6.31. The van der Waals surface area contributed by atoms with E-state index >= 15 is 0 Å². The molecule has 0 unspecified atom stereocenters. The lowest BCUT2D eigenvalue weighted by Gasteiger charge is -2.07. The van der Waals surface area contributed by atoms with E-state index in [1.165, 1.54) is 47.4 Å². The van der Waals surface area contributed by atoms with Gasteiger partial charge >= 0.3 is 5.97 Å². The van der Waals surface area contributed by atoms with Gasteiger partial charge < -0.3 is 14.8 Å². The molecule has 0 saturated heterocycles. The number of ether oxygens (including phenoxy) is 2. The number of esters is 1. The van der Waals surface area contributed by atoms with Crippen LogP contribution in [0.5, 0.6) is 5.75 Å². The smallest absolute Gasteiger partial charge is 0.349 e. The number of benzene rings is 2. The van der Waals surface area contributed by atoms with Crippen LogP contribution in [-0.2, 0) is 11.5 Å². The van der Waals surface area contributed by atoms with Crippen LogP contribution < -0.4 is 10.1 Å². The van der Waals surface area contributed by atoms with Crippen molar-refractivity contribution in [3.8, 4) is 5.75 Å². The van der Waals surface area contributed by atoms with Crippen LogP contribution in [0, 0.1) is 5.82 Å². The summed E-state index contributed by atoms with van der Waals surface area (Å²) in [6.45, 7) is 0.00516. The fourth-order valence-corrected chi connectivity index (χ4v) is 4.46. The largest absolute Gasteiger partial charge is 0.471 e. The van der Waals surface area contributed by atoms with Gasteiger partial charge in [-0.2, -0.15) is 5.10 Å². The molecule has 0 atom stereocenters. The minimum Gasteiger partial charge on any atom is -0.471 e. The number of nitrogens with one attached hydrogen (secondary N) is 1. The van der Waals surface area contributed by atoms with E-state index in [1.807, 2.05) is 0 Å². The first-order valence-electron chi connectivity index (χ1n) is 9.08. The monoisotopic (exact) mass is 493 g/mol. The molecular formula is C21H14Cl2FN3O4S. The van der Waals surface area contributed by atoms with Crippen LogP contribution in [-0.4, -0.2) is 28.8 Å². The standard InChI is InChI=1S/C21H14Cl2FN3O4S/c1-30-21(29)19-18(23)13-4-2-11(8-17(13)32-19)25-20(28)16-6-7-27(26-16)10-31-12-3-5-15(24)14(22)9-12/h2-9H,10H2,1H3,(H,25,28). The molecule has 11 heteroatoms. The van der Waals surface area contributed by atoms with Gasteiger partial charge in [-0.25, -0.2) is 13.9 Å². The molecule has 0 fully saturated rings. The van der Waals surface area contributed by atoms with Crippen LogP contribution in [0.4, 0.5) is 10.1 Å². The lowest BCUT2D eigenvalue weighted by atomic mass is 10.2. The second-order valence-electron chi connectivity index (χ2n) is 6.49. The molecule has 2 aromatic carbocycles. The molecule has 0 aliphatic carbocycles. The summed E-state index contributed by atoms with van der Waals surface area (Å²) in [5.74, 6) is -1.12. The van der Waals surface area contributed by atoms with Crippen LogP contribution in [0.1, 0.15) is 20.2 Å². The van der Waals surface area contributed by atoms with Gasteiger partial charge in [-0.1, -0.05) is 23.2 Å². The van der Waals surface area contributed by atoms with E-state index in [2.05, 4.69) is 10.4 Å². The Kier molecular flexibility index (Phi) is 6.31. The van der Waals surface area contributed by atoms with Crippen molar-refractivity contribution in [3.05, 3.63) is 75.1 Å². The van der Waals surface area contributed by atoms with Crippen LogP contribution in [0.3, 0.4) is 0 Å². The molecule has 164 valence electrons. The molecule has 4 aromatic rings. The molecule has 2 aromatic heterocycles. The van der Waals surface area contributed by atoms with E-state index in [1.54, 1.807) is 24.4 Å². The molecule has 2 heterocycles. The fraction of sp³-hybridized carbons (Fsp3) is 0.0952. The Hall–Kier alpha value is -3.14. The summed E-state index contributed by atoms with van der Waals surface area (Å²) >= 11 is 13.2. The first-order valence-corrected chi connectivity index (χ1v) is 10.7. The van der Waals surface area contributed by atoms with Crippen molar-refractivity contribution in [2.45, 2.75) is 6.73 Å². The number of nitrogens with zero attached hydrogens (tertiary/aromatic N) is 2. The van der Waals surface area contributed by atoms with Crippen molar-refractivity contribution in [1.29, 1.82) is 0 Å². The van der Waals surface area contributed by atoms with E-state index < -0.39 is 17.7 Å². The second kappa shape index (κ2) is 9.15. The molecule has 4 rings (SSSR count). The average molecular weight is 494 g/mol. The Bertz CT molecular complexity index is 1340. The van der Waals surface area contributed by atoms with Crippen LogP contribution in [0.25, 0.3) is 10.1 Å². The van der Waals surface area contributed by atoms with Crippen molar-refractivity contribution >= 4 is 62.2 Å². The van der Waals surface area contributed by atoms with Crippen molar-refractivity contribution in [3.63, 3.8) is 0 Å². The molecule has 0 saturated carbocycles. The van der Waals surface area contributed by atoms with Gasteiger partial charge in [0.05, 0.1) is 17.2 Å². The molecule has 1 N–H and O–H groups in total. The quantitative estimate of drug-likeness (QED) is 0.352. The molecule has 0 aliphatic rings. The number of hydrogen-bond donors (Lipinski definition) is 1. The van der Waals surface area contributed by atoms with Crippen LogP contribution in [0.2, 0.25) is 10.0 Å². The molecular weight excluding hydrogens is 480 g/mol. The Morgan fingerprint density at radius 2 is 2.00 bits per heavy atom. The molecule has 32 heavy (non-hydrogen) atoms.